The largest absolute Gasteiger partial charge is 0.497 e. The fourth-order valence-corrected chi connectivity index (χ4v) is 3.51. The topological polar surface area (TPSA) is 74.2 Å². The van der Waals surface area contributed by atoms with Crippen LogP contribution in [0.15, 0.2) is 48.5 Å². The monoisotopic (exact) mass is 440 g/mol. The van der Waals surface area contributed by atoms with E-state index < -0.39 is 41.1 Å². The first-order valence-electron chi connectivity index (χ1n) is 9.40. The summed E-state index contributed by atoms with van der Waals surface area (Å²) in [6.07, 6.45) is -8.93. The van der Waals surface area contributed by atoms with Gasteiger partial charge < -0.3 is 24.1 Å². The molecule has 0 saturated carbocycles. The van der Waals surface area contributed by atoms with Crippen LogP contribution in [0.3, 0.4) is 0 Å². The summed E-state index contributed by atoms with van der Waals surface area (Å²) in [4.78, 5) is 13.1. The molecule has 9 heteroatoms. The van der Waals surface area contributed by atoms with Crippen LogP contribution in [0, 0.1) is 0 Å². The number of carbonyl (C=O) groups is 1. The average Bonchev–Trinajstić information content (AvgIpc) is 3.07. The fourth-order valence-electron chi connectivity index (χ4n) is 3.51. The highest BCUT2D eigenvalue weighted by molar-refractivity contribution is 6.00. The molecule has 0 bridgehead atoms. The first-order valence-corrected chi connectivity index (χ1v) is 9.40. The summed E-state index contributed by atoms with van der Waals surface area (Å²) in [5.41, 5.74) is -3.92. The molecule has 1 saturated heterocycles. The van der Waals surface area contributed by atoms with Crippen molar-refractivity contribution < 1.29 is 42.0 Å². The third-order valence-corrected chi connectivity index (χ3v) is 5.10. The van der Waals surface area contributed by atoms with Crippen molar-refractivity contribution in [1.82, 2.24) is 0 Å². The van der Waals surface area contributed by atoms with E-state index in [1.807, 2.05) is 0 Å². The normalized spacial score (nSPS) is 22.6. The molecule has 3 atom stereocenters. The van der Waals surface area contributed by atoms with Crippen molar-refractivity contribution in [2.45, 2.75) is 43.6 Å². The van der Waals surface area contributed by atoms with Gasteiger partial charge in [-0.05, 0) is 55.8 Å². The summed E-state index contributed by atoms with van der Waals surface area (Å²) in [5, 5.41) is 11.0. The van der Waals surface area contributed by atoms with E-state index in [2.05, 4.69) is 0 Å². The number of benzene rings is 2. The maximum Gasteiger partial charge on any atom is 0.424 e. The Morgan fingerprint density at radius 1 is 0.935 bits per heavy atom. The molecule has 31 heavy (non-hydrogen) atoms. The third-order valence-electron chi connectivity index (χ3n) is 5.10. The molecular weight excluding hydrogens is 417 g/mol. The average molecular weight is 440 g/mol. The number of carbonyl (C=O) groups excluding carboxylic acids is 1. The van der Waals surface area contributed by atoms with Crippen molar-refractivity contribution in [1.29, 1.82) is 0 Å². The number of hydrogen-bond acceptors (Lipinski definition) is 6. The SMILES string of the molecule is COc1ccc(C(=O)[C@@H]2OC(C)(C)O[C@H]2[C@](O)(c2ccc(OC)cc2)C(F)(F)F)cc1. The van der Waals surface area contributed by atoms with Crippen molar-refractivity contribution in [3.63, 3.8) is 0 Å². The summed E-state index contributed by atoms with van der Waals surface area (Å²) >= 11 is 0. The second-order valence-corrected chi connectivity index (χ2v) is 7.56. The minimum atomic E-state index is -5.17. The number of Topliss-reactive ketones (excluding diaryl/α,β-unsaturated/α-hetero) is 1. The van der Waals surface area contributed by atoms with Crippen molar-refractivity contribution in [2.24, 2.45) is 0 Å². The highest BCUT2D eigenvalue weighted by Crippen LogP contribution is 2.49. The lowest BCUT2D eigenvalue weighted by Gasteiger charge is -2.37. The lowest BCUT2D eigenvalue weighted by molar-refractivity contribution is -0.305. The van der Waals surface area contributed by atoms with Gasteiger partial charge in [0, 0.05) is 5.56 Å². The first-order chi connectivity index (χ1) is 14.4. The van der Waals surface area contributed by atoms with Crippen LogP contribution >= 0.6 is 0 Å². The van der Waals surface area contributed by atoms with Gasteiger partial charge in [-0.2, -0.15) is 13.2 Å². The number of halogens is 3. The number of ether oxygens (including phenoxy) is 4. The molecule has 0 spiro atoms. The molecule has 6 nitrogen and oxygen atoms in total. The first kappa shape index (κ1) is 23.1. The summed E-state index contributed by atoms with van der Waals surface area (Å²) in [6.45, 7) is 2.76. The minimum absolute atomic E-state index is 0.0938. The van der Waals surface area contributed by atoms with E-state index >= 15 is 0 Å². The maximum atomic E-state index is 14.3. The second kappa shape index (κ2) is 8.14. The zero-order chi connectivity index (χ0) is 23.0. The molecule has 3 rings (SSSR count). The number of rotatable bonds is 6. The van der Waals surface area contributed by atoms with Crippen LogP contribution in [0.1, 0.15) is 29.8 Å². The third kappa shape index (κ3) is 4.26. The van der Waals surface area contributed by atoms with Crippen molar-refractivity contribution in [3.05, 3.63) is 59.7 Å². The number of aliphatic hydroxyl groups is 1. The molecule has 0 aliphatic carbocycles. The molecular formula is C22H23F3O6. The van der Waals surface area contributed by atoms with Crippen LogP contribution < -0.4 is 9.47 Å². The van der Waals surface area contributed by atoms with Crippen molar-refractivity contribution in [2.75, 3.05) is 14.2 Å². The molecule has 2 aromatic rings. The molecule has 168 valence electrons. The number of ketones is 1. The minimum Gasteiger partial charge on any atom is -0.497 e. The molecule has 1 fully saturated rings. The smallest absolute Gasteiger partial charge is 0.424 e. The lowest BCUT2D eigenvalue weighted by atomic mass is 9.82. The van der Waals surface area contributed by atoms with Crippen LogP contribution in [0.4, 0.5) is 13.2 Å². The van der Waals surface area contributed by atoms with Gasteiger partial charge in [-0.15, -0.1) is 0 Å². The van der Waals surface area contributed by atoms with E-state index in [1.54, 1.807) is 0 Å². The van der Waals surface area contributed by atoms with E-state index in [1.165, 1.54) is 64.5 Å². The van der Waals surface area contributed by atoms with Crippen LogP contribution in [0.2, 0.25) is 0 Å². The van der Waals surface area contributed by atoms with E-state index in [-0.39, 0.29) is 5.56 Å². The Kier molecular flexibility index (Phi) is 6.05. The van der Waals surface area contributed by atoms with E-state index in [9.17, 15) is 23.1 Å². The van der Waals surface area contributed by atoms with Gasteiger partial charge >= 0.3 is 6.18 Å². The van der Waals surface area contributed by atoms with Gasteiger partial charge in [0.15, 0.2) is 17.7 Å². The Labute approximate surface area is 177 Å². The highest BCUT2D eigenvalue weighted by Gasteiger charge is 2.67. The summed E-state index contributed by atoms with van der Waals surface area (Å²) in [5.74, 6) is -1.51. The zero-order valence-electron chi connectivity index (χ0n) is 17.4. The van der Waals surface area contributed by atoms with Crippen molar-refractivity contribution >= 4 is 5.78 Å². The molecule has 0 unspecified atom stereocenters. The fraction of sp³-hybridized carbons (Fsp3) is 0.409. The van der Waals surface area contributed by atoms with E-state index in [0.29, 0.717) is 11.5 Å². The quantitative estimate of drug-likeness (QED) is 0.688. The Morgan fingerprint density at radius 2 is 1.42 bits per heavy atom. The predicted octanol–water partition coefficient (Wildman–Crippen LogP) is 3.86. The summed E-state index contributed by atoms with van der Waals surface area (Å²) < 4.78 is 63.9. The van der Waals surface area contributed by atoms with Crippen LogP contribution in [-0.4, -0.2) is 49.3 Å². The Morgan fingerprint density at radius 3 is 1.87 bits per heavy atom. The lowest BCUT2D eigenvalue weighted by Crippen LogP contribution is -2.57. The Balaban J connectivity index is 2.07. The number of hydrogen-bond donors (Lipinski definition) is 1. The highest BCUT2D eigenvalue weighted by atomic mass is 19.4. The van der Waals surface area contributed by atoms with Crippen LogP contribution in [-0.2, 0) is 15.1 Å². The van der Waals surface area contributed by atoms with Gasteiger partial charge in [0.1, 0.15) is 17.6 Å². The molecule has 1 aliphatic heterocycles. The number of alkyl halides is 3. The molecule has 0 aromatic heterocycles. The van der Waals surface area contributed by atoms with Crippen molar-refractivity contribution in [3.8, 4) is 11.5 Å². The van der Waals surface area contributed by atoms with Gasteiger partial charge in [0.05, 0.1) is 14.2 Å². The molecule has 1 aliphatic rings. The summed E-state index contributed by atoms with van der Waals surface area (Å²) in [7, 11) is 2.81. The van der Waals surface area contributed by atoms with E-state index in [4.69, 9.17) is 18.9 Å². The van der Waals surface area contributed by atoms with Gasteiger partial charge in [-0.3, -0.25) is 4.79 Å². The molecule has 1 N–H and O–H groups in total. The molecule has 2 aromatic carbocycles. The van der Waals surface area contributed by atoms with Gasteiger partial charge in [0.25, 0.3) is 0 Å². The Hall–Kier alpha value is -2.62. The standard InChI is InChI=1S/C22H23F3O6/c1-20(2)30-18(17(26)13-5-9-15(28-3)10-6-13)19(31-20)21(27,22(23,24)25)14-7-11-16(29-4)12-8-14/h5-12,18-19,27H,1-4H3/t18-,19+,21+/m0/s1. The second-order valence-electron chi connectivity index (χ2n) is 7.56. The van der Waals surface area contributed by atoms with Gasteiger partial charge in [-0.1, -0.05) is 12.1 Å². The Bertz CT molecular complexity index is 924. The predicted molar refractivity (Wildman–Crippen MR) is 104 cm³/mol. The van der Waals surface area contributed by atoms with Crippen LogP contribution in [0.25, 0.3) is 0 Å². The molecule has 0 amide bonds. The van der Waals surface area contributed by atoms with Gasteiger partial charge in [-0.25, -0.2) is 0 Å². The van der Waals surface area contributed by atoms with E-state index in [0.717, 1.165) is 12.1 Å². The number of methoxy groups -OCH3 is 2. The molecule has 1 heterocycles. The maximum absolute atomic E-state index is 14.3. The van der Waals surface area contributed by atoms with Gasteiger partial charge in [0.2, 0.25) is 5.60 Å². The summed E-state index contributed by atoms with van der Waals surface area (Å²) in [6, 6.07) is 10.6. The molecule has 0 radical (unpaired) electrons. The zero-order valence-corrected chi connectivity index (χ0v) is 17.4. The van der Waals surface area contributed by atoms with Crippen LogP contribution in [0.5, 0.6) is 11.5 Å².